The summed E-state index contributed by atoms with van der Waals surface area (Å²) in [5, 5.41) is 23.3. The number of ether oxygens (including phenoxy) is 2. The summed E-state index contributed by atoms with van der Waals surface area (Å²) < 4.78 is 19.7. The lowest BCUT2D eigenvalue weighted by atomic mass is 9.61. The van der Waals surface area contributed by atoms with Crippen LogP contribution in [0.1, 0.15) is 68.2 Å². The Hall–Kier alpha value is -3.82. The molecule has 4 aliphatic rings. The first-order valence-electron chi connectivity index (χ1n) is 19.4. The molecule has 6 atom stereocenters. The lowest BCUT2D eigenvalue weighted by Gasteiger charge is -2.52. The smallest absolute Gasteiger partial charge is 0.339 e. The minimum Gasteiger partial charge on any atom is -0.481 e. The van der Waals surface area contributed by atoms with Crippen LogP contribution in [0, 0.1) is 11.8 Å². The SMILES string of the molecule is CC=C(C)C(=O)OC1(C)CC=C2CSSCC3C(CNC)CN3C(=O)Cc3cnc(N)cc3C2C12Cc1cc3cc(CC(CO)CCCO)c(=O)oc3cc1O2. The summed E-state index contributed by atoms with van der Waals surface area (Å²) in [6.45, 7) is 6.88. The Kier molecular flexibility index (Phi) is 12.0. The molecule has 7 rings (SSSR count). The maximum absolute atomic E-state index is 14.1. The number of fused-ring (bicyclic) bond motifs is 7. The first-order valence-corrected chi connectivity index (χ1v) is 21.9. The van der Waals surface area contributed by atoms with E-state index in [4.69, 9.17) is 19.6 Å². The molecule has 5 heterocycles. The van der Waals surface area contributed by atoms with E-state index in [1.54, 1.807) is 53.8 Å². The Morgan fingerprint density at radius 2 is 2.04 bits per heavy atom. The number of nitrogens with one attached hydrogen (secondary N) is 1. The zero-order valence-electron chi connectivity index (χ0n) is 32.5. The number of nitrogens with two attached hydrogens (primary N) is 1. The third-order valence-corrected chi connectivity index (χ3v) is 14.6. The van der Waals surface area contributed by atoms with Crippen molar-refractivity contribution >= 4 is 50.3 Å². The Balaban J connectivity index is 1.35. The van der Waals surface area contributed by atoms with E-state index in [2.05, 4.69) is 16.4 Å². The van der Waals surface area contributed by atoms with Gasteiger partial charge in [-0.05, 0) is 87.9 Å². The highest BCUT2D eigenvalue weighted by Gasteiger charge is 2.64. The number of carbonyl (C=O) groups excluding carboxylic acids is 2. The minimum absolute atomic E-state index is 0.00878. The molecule has 56 heavy (non-hydrogen) atoms. The third kappa shape index (κ3) is 7.50. The van der Waals surface area contributed by atoms with Gasteiger partial charge in [-0.25, -0.2) is 14.6 Å². The van der Waals surface area contributed by atoms with Gasteiger partial charge in [0.05, 0.1) is 12.3 Å². The number of allylic oxidation sites excluding steroid dienone is 1. The summed E-state index contributed by atoms with van der Waals surface area (Å²) in [6.07, 6.45) is 7.87. The first-order chi connectivity index (χ1) is 26.9. The summed E-state index contributed by atoms with van der Waals surface area (Å²) in [5.74, 6) is 1.56. The van der Waals surface area contributed by atoms with Crippen LogP contribution in [-0.4, -0.2) is 94.1 Å². The number of amides is 1. The fourth-order valence-electron chi connectivity index (χ4n) is 8.91. The second kappa shape index (κ2) is 16.6. The Morgan fingerprint density at radius 1 is 1.21 bits per heavy atom. The van der Waals surface area contributed by atoms with Crippen molar-refractivity contribution in [2.24, 2.45) is 11.8 Å². The van der Waals surface area contributed by atoms with Gasteiger partial charge in [0, 0.05) is 91.4 Å². The van der Waals surface area contributed by atoms with Gasteiger partial charge in [0.1, 0.15) is 17.2 Å². The fourth-order valence-corrected chi connectivity index (χ4v) is 11.5. The number of aliphatic hydroxyl groups excluding tert-OH is 2. The van der Waals surface area contributed by atoms with Crippen molar-refractivity contribution in [3.05, 3.63) is 86.4 Å². The molecule has 3 aromatic rings. The number of carbonyl (C=O) groups is 2. The number of pyridine rings is 1. The molecular formula is C42H52N4O8S2. The number of aromatic nitrogens is 1. The number of rotatable bonds is 10. The average Bonchev–Trinajstić information content (AvgIpc) is 3.54. The van der Waals surface area contributed by atoms with Crippen molar-refractivity contribution in [3.63, 3.8) is 0 Å². The Labute approximate surface area is 335 Å². The van der Waals surface area contributed by atoms with Crippen molar-refractivity contribution in [2.45, 2.75) is 82.5 Å². The highest BCUT2D eigenvalue weighted by atomic mass is 33.1. The molecule has 14 heteroatoms. The molecule has 3 aliphatic heterocycles. The molecule has 5 N–H and O–H groups in total. The summed E-state index contributed by atoms with van der Waals surface area (Å²) >= 11 is 0. The van der Waals surface area contributed by atoms with Crippen LogP contribution in [0.2, 0.25) is 0 Å². The van der Waals surface area contributed by atoms with Gasteiger partial charge in [-0.1, -0.05) is 39.3 Å². The topological polar surface area (TPSA) is 177 Å². The van der Waals surface area contributed by atoms with E-state index in [1.165, 1.54) is 0 Å². The quantitative estimate of drug-likeness (QED) is 0.0728. The number of hydrogen-bond donors (Lipinski definition) is 4. The van der Waals surface area contributed by atoms with Gasteiger partial charge in [0.25, 0.3) is 0 Å². The first kappa shape index (κ1) is 40.4. The fraction of sp³-hybridized carbons (Fsp3) is 0.524. The molecule has 300 valence electrons. The van der Waals surface area contributed by atoms with Gasteiger partial charge in [0.2, 0.25) is 5.91 Å². The summed E-state index contributed by atoms with van der Waals surface area (Å²) in [6, 6.07) is 7.51. The molecule has 1 fully saturated rings. The van der Waals surface area contributed by atoms with Crippen molar-refractivity contribution < 1.29 is 33.7 Å². The van der Waals surface area contributed by atoms with Crippen LogP contribution in [0.5, 0.6) is 5.75 Å². The predicted molar refractivity (Wildman–Crippen MR) is 220 cm³/mol. The summed E-state index contributed by atoms with van der Waals surface area (Å²) in [5.41, 5.74) is 8.34. The Morgan fingerprint density at radius 3 is 2.79 bits per heavy atom. The number of benzene rings is 1. The van der Waals surface area contributed by atoms with E-state index in [1.807, 2.05) is 37.1 Å². The van der Waals surface area contributed by atoms with Gasteiger partial charge in [-0.3, -0.25) is 4.79 Å². The van der Waals surface area contributed by atoms with Gasteiger partial charge < -0.3 is 40.1 Å². The van der Waals surface area contributed by atoms with E-state index in [-0.39, 0.29) is 37.5 Å². The van der Waals surface area contributed by atoms with E-state index in [0.717, 1.165) is 34.6 Å². The van der Waals surface area contributed by atoms with Crippen molar-refractivity contribution in [1.82, 2.24) is 15.2 Å². The number of esters is 1. The maximum atomic E-state index is 14.1. The molecule has 1 aromatic carbocycles. The zero-order chi connectivity index (χ0) is 39.8. The van der Waals surface area contributed by atoms with E-state index in [9.17, 15) is 24.6 Å². The number of aliphatic hydroxyl groups is 2. The minimum atomic E-state index is -1.20. The number of hydrogen-bond acceptors (Lipinski definition) is 13. The van der Waals surface area contributed by atoms with Crippen LogP contribution in [-0.2, 0) is 33.6 Å². The molecule has 0 radical (unpaired) electrons. The molecule has 12 nitrogen and oxygen atoms in total. The monoisotopic (exact) mass is 804 g/mol. The van der Waals surface area contributed by atoms with Crippen LogP contribution < -0.4 is 21.4 Å². The van der Waals surface area contributed by atoms with E-state index >= 15 is 0 Å². The second-order valence-corrected chi connectivity index (χ2v) is 18.3. The molecule has 2 aromatic heterocycles. The second-order valence-electron chi connectivity index (χ2n) is 15.8. The average molecular weight is 805 g/mol. The highest BCUT2D eigenvalue weighted by molar-refractivity contribution is 8.76. The molecule has 0 bridgehead atoms. The third-order valence-electron chi connectivity index (χ3n) is 12.2. The lowest BCUT2D eigenvalue weighted by molar-refractivity contribution is -0.183. The summed E-state index contributed by atoms with van der Waals surface area (Å²) in [4.78, 5) is 47.5. The highest BCUT2D eigenvalue weighted by Crippen LogP contribution is 2.58. The number of anilines is 1. The molecule has 1 spiro atoms. The maximum Gasteiger partial charge on any atom is 0.339 e. The van der Waals surface area contributed by atoms with Crippen LogP contribution in [0.25, 0.3) is 11.0 Å². The van der Waals surface area contributed by atoms with E-state index in [0.29, 0.717) is 84.0 Å². The molecular weight excluding hydrogens is 753 g/mol. The van der Waals surface area contributed by atoms with Gasteiger partial charge >= 0.3 is 11.6 Å². The molecule has 1 aliphatic carbocycles. The van der Waals surface area contributed by atoms with Crippen LogP contribution in [0.15, 0.2) is 63.0 Å². The van der Waals surface area contributed by atoms with Crippen LogP contribution in [0.3, 0.4) is 0 Å². The molecule has 0 saturated carbocycles. The Bertz CT molecular complexity index is 2120. The summed E-state index contributed by atoms with van der Waals surface area (Å²) in [7, 11) is 5.46. The zero-order valence-corrected chi connectivity index (χ0v) is 34.1. The van der Waals surface area contributed by atoms with Gasteiger partial charge in [-0.15, -0.1) is 0 Å². The van der Waals surface area contributed by atoms with Crippen LogP contribution >= 0.6 is 21.6 Å². The lowest BCUT2D eigenvalue weighted by Crippen LogP contribution is -2.64. The van der Waals surface area contributed by atoms with Crippen molar-refractivity contribution in [2.75, 3.05) is 50.6 Å². The number of nitrogens with zero attached hydrogens (tertiary/aromatic N) is 2. The standard InChI is InChI=1S/C42H52N4O8S2/c1-5-24(2)39(50)54-41(3)9-8-26-22-55-56-23-33-31(18-44-4)20-46(33)37(49)14-30-19-45-36(43)15-32(30)38(26)42(41)17-29-13-27-12-28(11-25(21-48)7-6-10-47)40(51)52-34(27)16-35(29)53-42/h5,8,12-13,15-16,19,25,31,33,38,44,47-48H,6-7,9-11,14,17-18,20-23H2,1-4H3,(H2,43,45). The molecule has 1 saturated heterocycles. The normalized spacial score (nSPS) is 26.8. The van der Waals surface area contributed by atoms with E-state index < -0.39 is 28.7 Å². The van der Waals surface area contributed by atoms with Crippen molar-refractivity contribution in [1.29, 1.82) is 0 Å². The molecule has 6 unspecified atom stereocenters. The molecule has 1 amide bonds. The van der Waals surface area contributed by atoms with Gasteiger partial charge in [0.15, 0.2) is 11.2 Å². The number of nitrogen functional groups attached to an aromatic ring is 1. The largest absolute Gasteiger partial charge is 0.481 e. The van der Waals surface area contributed by atoms with Gasteiger partial charge in [-0.2, -0.15) is 0 Å². The van der Waals surface area contributed by atoms with Crippen LogP contribution in [0.4, 0.5) is 5.82 Å². The predicted octanol–water partition coefficient (Wildman–Crippen LogP) is 4.73. The van der Waals surface area contributed by atoms with Crippen molar-refractivity contribution in [3.8, 4) is 5.75 Å².